The van der Waals surface area contributed by atoms with E-state index in [1.54, 1.807) is 11.3 Å². The van der Waals surface area contributed by atoms with E-state index in [0.717, 1.165) is 55.1 Å². The molecule has 1 aliphatic rings. The Kier molecular flexibility index (Phi) is 4.80. The Hall–Kier alpha value is -1.69. The van der Waals surface area contributed by atoms with Gasteiger partial charge in [0.2, 0.25) is 5.91 Å². The molecule has 0 aromatic carbocycles. The number of nitrogens with zero attached hydrogens (tertiary/aromatic N) is 3. The lowest BCUT2D eigenvalue weighted by atomic mass is 9.98. The van der Waals surface area contributed by atoms with Crippen molar-refractivity contribution in [2.45, 2.75) is 52.4 Å². The van der Waals surface area contributed by atoms with Crippen LogP contribution in [0, 0.1) is 13.8 Å². The first-order chi connectivity index (χ1) is 11.1. The zero-order chi connectivity index (χ0) is 16.4. The van der Waals surface area contributed by atoms with Crippen molar-refractivity contribution in [3.8, 4) is 0 Å². The molecule has 0 spiro atoms. The molecule has 124 valence electrons. The van der Waals surface area contributed by atoms with E-state index in [1.165, 1.54) is 5.01 Å². The molecule has 2 aromatic heterocycles. The average molecular weight is 333 g/mol. The molecule has 3 rings (SSSR count). The zero-order valence-electron chi connectivity index (χ0n) is 14.0. The third-order valence-corrected chi connectivity index (χ3v) is 5.62. The summed E-state index contributed by atoms with van der Waals surface area (Å²) in [6.07, 6.45) is 3.51. The third-order valence-electron chi connectivity index (χ3n) is 4.56. The molecule has 0 saturated carbocycles. The topological polar surface area (TPSA) is 59.2 Å². The summed E-state index contributed by atoms with van der Waals surface area (Å²) < 4.78 is 5.16. The van der Waals surface area contributed by atoms with Crippen molar-refractivity contribution in [1.29, 1.82) is 0 Å². The van der Waals surface area contributed by atoms with E-state index in [-0.39, 0.29) is 5.91 Å². The summed E-state index contributed by atoms with van der Waals surface area (Å²) >= 11 is 1.73. The molecule has 1 saturated heterocycles. The van der Waals surface area contributed by atoms with Crippen LogP contribution in [-0.2, 0) is 17.6 Å². The van der Waals surface area contributed by atoms with Gasteiger partial charge >= 0.3 is 0 Å². The minimum Gasteiger partial charge on any atom is -0.361 e. The molecule has 3 heterocycles. The highest BCUT2D eigenvalue weighted by molar-refractivity contribution is 7.09. The Bertz CT molecular complexity index is 672. The number of aromatic nitrogens is 2. The van der Waals surface area contributed by atoms with Crippen LogP contribution in [0.1, 0.15) is 53.4 Å². The average Bonchev–Trinajstić information content (AvgIpc) is 3.17. The summed E-state index contributed by atoms with van der Waals surface area (Å²) in [7, 11) is 0. The summed E-state index contributed by atoms with van der Waals surface area (Å²) in [5.41, 5.74) is 2.90. The van der Waals surface area contributed by atoms with Crippen LogP contribution in [0.4, 0.5) is 0 Å². The molecule has 23 heavy (non-hydrogen) atoms. The van der Waals surface area contributed by atoms with E-state index < -0.39 is 0 Å². The van der Waals surface area contributed by atoms with E-state index in [2.05, 4.69) is 17.5 Å². The summed E-state index contributed by atoms with van der Waals surface area (Å²) in [5.74, 6) is 1.29. The Morgan fingerprint density at radius 2 is 2.30 bits per heavy atom. The first-order valence-corrected chi connectivity index (χ1v) is 9.10. The van der Waals surface area contributed by atoms with Crippen LogP contribution in [0.15, 0.2) is 9.90 Å². The molecule has 1 atom stereocenters. The summed E-state index contributed by atoms with van der Waals surface area (Å²) in [6.45, 7) is 7.49. The second-order valence-corrected chi connectivity index (χ2v) is 7.08. The smallest absolute Gasteiger partial charge is 0.227 e. The molecule has 6 heteroatoms. The largest absolute Gasteiger partial charge is 0.361 e. The van der Waals surface area contributed by atoms with Crippen LogP contribution in [0.25, 0.3) is 0 Å². The van der Waals surface area contributed by atoms with Gasteiger partial charge in [-0.15, -0.1) is 11.3 Å². The zero-order valence-corrected chi connectivity index (χ0v) is 14.8. The standard InChI is InChI=1S/C17H23N3O2S/c1-4-14-10-23-17(18-14)13-6-5-7-20(9-13)16(21)8-15-11(2)19-22-12(15)3/h10,13H,4-9H2,1-3H3. The molecule has 0 bridgehead atoms. The molecule has 1 amide bonds. The second-order valence-electron chi connectivity index (χ2n) is 6.19. The highest BCUT2D eigenvalue weighted by Crippen LogP contribution is 2.30. The van der Waals surface area contributed by atoms with Crippen LogP contribution in [0.5, 0.6) is 0 Å². The van der Waals surface area contributed by atoms with Crippen molar-refractivity contribution >= 4 is 17.2 Å². The minimum atomic E-state index is 0.163. The number of amides is 1. The van der Waals surface area contributed by atoms with Gasteiger partial charge in [0.1, 0.15) is 5.76 Å². The lowest BCUT2D eigenvalue weighted by Crippen LogP contribution is -2.40. The molecule has 1 unspecified atom stereocenters. The SMILES string of the molecule is CCc1csc(C2CCCN(C(=O)Cc3c(C)noc3C)C2)n1. The molecule has 1 aliphatic heterocycles. The summed E-state index contributed by atoms with van der Waals surface area (Å²) in [6, 6.07) is 0. The fraction of sp³-hybridized carbons (Fsp3) is 0.588. The summed E-state index contributed by atoms with van der Waals surface area (Å²) in [4.78, 5) is 19.3. The van der Waals surface area contributed by atoms with Crippen LogP contribution in [-0.4, -0.2) is 34.0 Å². The monoisotopic (exact) mass is 333 g/mol. The van der Waals surface area contributed by atoms with Gasteiger partial charge in [-0.3, -0.25) is 4.79 Å². The third kappa shape index (κ3) is 3.47. The van der Waals surface area contributed by atoms with E-state index in [4.69, 9.17) is 9.51 Å². The van der Waals surface area contributed by atoms with Gasteiger partial charge in [0.05, 0.1) is 22.8 Å². The normalized spacial score (nSPS) is 18.4. The van der Waals surface area contributed by atoms with Crippen LogP contribution < -0.4 is 0 Å². The Morgan fingerprint density at radius 3 is 2.96 bits per heavy atom. The Labute approximate surface area is 140 Å². The predicted molar refractivity (Wildman–Crippen MR) is 89.7 cm³/mol. The molecule has 2 aromatic rings. The number of thiazole rings is 1. The lowest BCUT2D eigenvalue weighted by molar-refractivity contribution is -0.131. The van der Waals surface area contributed by atoms with Crippen molar-refractivity contribution in [1.82, 2.24) is 15.0 Å². The van der Waals surface area contributed by atoms with E-state index >= 15 is 0 Å². The highest BCUT2D eigenvalue weighted by atomic mass is 32.1. The maximum absolute atomic E-state index is 12.6. The van der Waals surface area contributed by atoms with Gasteiger partial charge in [-0.05, 0) is 33.1 Å². The maximum Gasteiger partial charge on any atom is 0.227 e. The van der Waals surface area contributed by atoms with E-state index in [0.29, 0.717) is 12.3 Å². The van der Waals surface area contributed by atoms with Crippen molar-refractivity contribution in [2.24, 2.45) is 0 Å². The number of carbonyl (C=O) groups excluding carboxylic acids is 1. The highest BCUT2D eigenvalue weighted by Gasteiger charge is 2.27. The first kappa shape index (κ1) is 16.2. The van der Waals surface area contributed by atoms with Crippen molar-refractivity contribution in [3.63, 3.8) is 0 Å². The predicted octanol–water partition coefficient (Wildman–Crippen LogP) is 3.26. The van der Waals surface area contributed by atoms with Gasteiger partial charge in [0.15, 0.2) is 0 Å². The fourth-order valence-corrected chi connectivity index (χ4v) is 4.13. The van der Waals surface area contributed by atoms with Crippen LogP contribution >= 0.6 is 11.3 Å². The second kappa shape index (κ2) is 6.83. The summed E-state index contributed by atoms with van der Waals surface area (Å²) in [5, 5.41) is 7.25. The molecule has 0 N–H and O–H groups in total. The Balaban J connectivity index is 1.67. The van der Waals surface area contributed by atoms with Gasteiger partial charge in [-0.1, -0.05) is 12.1 Å². The first-order valence-electron chi connectivity index (χ1n) is 8.22. The quantitative estimate of drug-likeness (QED) is 0.862. The number of hydrogen-bond donors (Lipinski definition) is 0. The molecule has 0 aliphatic carbocycles. The number of carbonyl (C=O) groups is 1. The number of likely N-dealkylation sites (tertiary alicyclic amines) is 1. The van der Waals surface area contributed by atoms with Crippen molar-refractivity contribution in [2.75, 3.05) is 13.1 Å². The molecule has 1 fully saturated rings. The minimum absolute atomic E-state index is 0.163. The number of piperidine rings is 1. The van der Waals surface area contributed by atoms with Crippen molar-refractivity contribution in [3.05, 3.63) is 33.1 Å². The fourth-order valence-electron chi connectivity index (χ4n) is 3.10. The van der Waals surface area contributed by atoms with E-state index in [9.17, 15) is 4.79 Å². The van der Waals surface area contributed by atoms with E-state index in [1.807, 2.05) is 18.7 Å². The van der Waals surface area contributed by atoms with Crippen LogP contribution in [0.3, 0.4) is 0 Å². The van der Waals surface area contributed by atoms with Gasteiger partial charge in [-0.25, -0.2) is 4.98 Å². The Morgan fingerprint density at radius 1 is 1.48 bits per heavy atom. The van der Waals surface area contributed by atoms with Gasteiger partial charge < -0.3 is 9.42 Å². The number of hydrogen-bond acceptors (Lipinski definition) is 5. The van der Waals surface area contributed by atoms with Gasteiger partial charge in [0.25, 0.3) is 0 Å². The maximum atomic E-state index is 12.6. The van der Waals surface area contributed by atoms with Crippen LogP contribution in [0.2, 0.25) is 0 Å². The number of rotatable bonds is 4. The lowest BCUT2D eigenvalue weighted by Gasteiger charge is -2.32. The van der Waals surface area contributed by atoms with Gasteiger partial charge in [0, 0.05) is 30.0 Å². The molecular formula is C17H23N3O2S. The van der Waals surface area contributed by atoms with Crippen molar-refractivity contribution < 1.29 is 9.32 Å². The molecule has 0 radical (unpaired) electrons. The molecule has 5 nitrogen and oxygen atoms in total. The molecular weight excluding hydrogens is 310 g/mol. The number of aryl methyl sites for hydroxylation is 3. The van der Waals surface area contributed by atoms with Gasteiger partial charge in [-0.2, -0.15) is 0 Å².